The number of rotatable bonds is 3. The molecule has 5 N–H and O–H groups in total. The molecule has 0 aliphatic rings. The van der Waals surface area contributed by atoms with Crippen LogP contribution in [-0.4, -0.2) is 9.97 Å². The van der Waals surface area contributed by atoms with Crippen LogP contribution in [0.15, 0.2) is 29.1 Å². The van der Waals surface area contributed by atoms with Gasteiger partial charge in [-0.2, -0.15) is 4.98 Å². The summed E-state index contributed by atoms with van der Waals surface area (Å²) in [4.78, 5) is 19.0. The van der Waals surface area contributed by atoms with E-state index in [1.165, 1.54) is 5.01 Å². The van der Waals surface area contributed by atoms with Gasteiger partial charge in [0.1, 0.15) is 11.5 Å². The van der Waals surface area contributed by atoms with Crippen LogP contribution in [0.4, 0.5) is 11.5 Å². The molecule has 1 aromatic carbocycles. The van der Waals surface area contributed by atoms with Crippen molar-refractivity contribution in [2.75, 3.05) is 10.7 Å². The maximum atomic E-state index is 12.0. The van der Waals surface area contributed by atoms with Crippen molar-refractivity contribution in [2.24, 2.45) is 5.84 Å². The van der Waals surface area contributed by atoms with Gasteiger partial charge in [-0.25, -0.2) is 5.84 Å². The van der Waals surface area contributed by atoms with Crippen LogP contribution in [-0.2, 0) is 12.0 Å². The second-order valence-electron chi connectivity index (χ2n) is 6.12. The van der Waals surface area contributed by atoms with Gasteiger partial charge in [-0.3, -0.25) is 9.80 Å². The molecule has 22 heavy (non-hydrogen) atoms. The van der Waals surface area contributed by atoms with Crippen LogP contribution in [0, 0.1) is 0 Å². The predicted octanol–water partition coefficient (Wildman–Crippen LogP) is 2.18. The minimum Gasteiger partial charge on any atom is -0.391 e. The first kappa shape index (κ1) is 16.3. The molecule has 118 valence electrons. The third-order valence-corrected chi connectivity index (χ3v) is 3.60. The zero-order chi connectivity index (χ0) is 16.5. The molecule has 0 fully saturated rings. The molecular formula is C15H20ClN5O. The first-order chi connectivity index (χ1) is 10.2. The van der Waals surface area contributed by atoms with Gasteiger partial charge in [-0.05, 0) is 11.6 Å². The van der Waals surface area contributed by atoms with Gasteiger partial charge in [-0.1, -0.05) is 50.6 Å². The highest BCUT2D eigenvalue weighted by atomic mass is 35.5. The minimum absolute atomic E-state index is 0.0115. The van der Waals surface area contributed by atoms with E-state index in [1.54, 1.807) is 6.07 Å². The molecule has 0 radical (unpaired) electrons. The van der Waals surface area contributed by atoms with Gasteiger partial charge in [0.05, 0.1) is 6.54 Å². The molecule has 2 aromatic rings. The summed E-state index contributed by atoms with van der Waals surface area (Å²) in [5, 5.41) is 1.97. The first-order valence-corrected chi connectivity index (χ1v) is 7.24. The maximum Gasteiger partial charge on any atom is 0.298 e. The summed E-state index contributed by atoms with van der Waals surface area (Å²) in [6.45, 7) is 6.15. The molecule has 0 saturated carbocycles. The highest BCUT2D eigenvalue weighted by Crippen LogP contribution is 2.24. The Morgan fingerprint density at radius 1 is 1.32 bits per heavy atom. The molecule has 0 aliphatic carbocycles. The Bertz CT molecular complexity index is 735. The highest BCUT2D eigenvalue weighted by molar-refractivity contribution is 6.31. The molecule has 7 heteroatoms. The monoisotopic (exact) mass is 321 g/mol. The minimum atomic E-state index is -0.492. The molecule has 6 nitrogen and oxygen atoms in total. The predicted molar refractivity (Wildman–Crippen MR) is 89.8 cm³/mol. The number of aromatic amines is 1. The van der Waals surface area contributed by atoms with E-state index in [0.29, 0.717) is 23.2 Å². The van der Waals surface area contributed by atoms with Gasteiger partial charge in [0.15, 0.2) is 5.82 Å². The molecule has 2 rings (SSSR count). The van der Waals surface area contributed by atoms with Crippen LogP contribution in [0.2, 0.25) is 5.02 Å². The zero-order valence-corrected chi connectivity index (χ0v) is 13.6. The lowest BCUT2D eigenvalue weighted by Crippen LogP contribution is -2.35. The third kappa shape index (κ3) is 3.40. The van der Waals surface area contributed by atoms with Crippen molar-refractivity contribution in [2.45, 2.75) is 32.7 Å². The Labute approximate surface area is 134 Å². The van der Waals surface area contributed by atoms with Gasteiger partial charge < -0.3 is 10.7 Å². The number of benzene rings is 1. The Balaban J connectivity index is 2.41. The second-order valence-corrected chi connectivity index (χ2v) is 6.53. The van der Waals surface area contributed by atoms with E-state index in [2.05, 4.69) is 9.97 Å². The van der Waals surface area contributed by atoms with Crippen LogP contribution >= 0.6 is 11.6 Å². The molecule has 1 aromatic heterocycles. The number of aromatic nitrogens is 2. The number of nitrogen functional groups attached to an aromatic ring is 1. The molecule has 1 heterocycles. The Kier molecular flexibility index (Phi) is 4.44. The van der Waals surface area contributed by atoms with Crippen LogP contribution < -0.4 is 22.1 Å². The standard InChI is InChI=1S/C15H20ClN5O/c1-15(2,3)14-19-12(11(17)13(22)20-14)21(18)8-9-6-4-5-7-10(9)16/h4-7H,8,17-18H2,1-3H3,(H,19,20,22). The largest absolute Gasteiger partial charge is 0.391 e. The van der Waals surface area contributed by atoms with Crippen LogP contribution in [0.1, 0.15) is 32.2 Å². The van der Waals surface area contributed by atoms with Crippen LogP contribution in [0.5, 0.6) is 0 Å². The number of hydrazine groups is 1. The summed E-state index contributed by atoms with van der Waals surface area (Å²) in [6, 6.07) is 7.35. The average Bonchev–Trinajstić information content (AvgIpc) is 2.43. The van der Waals surface area contributed by atoms with Gasteiger partial charge >= 0.3 is 0 Å². The lowest BCUT2D eigenvalue weighted by Gasteiger charge is -2.24. The normalized spacial score (nSPS) is 11.5. The molecule has 0 aliphatic heterocycles. The smallest absolute Gasteiger partial charge is 0.298 e. The first-order valence-electron chi connectivity index (χ1n) is 6.86. The number of halogens is 1. The maximum absolute atomic E-state index is 12.0. The summed E-state index contributed by atoms with van der Waals surface area (Å²) in [5.41, 5.74) is 5.83. The zero-order valence-electron chi connectivity index (χ0n) is 12.9. The summed E-state index contributed by atoms with van der Waals surface area (Å²) in [5.74, 6) is 6.94. The molecule has 0 atom stereocenters. The molecule has 0 amide bonds. The SMILES string of the molecule is CC(C)(C)c1nc(=O)c(N)c(N(N)Cc2ccccc2Cl)[nH]1. The van der Waals surface area contributed by atoms with E-state index in [1.807, 2.05) is 39.0 Å². The molecule has 0 bridgehead atoms. The quantitative estimate of drug-likeness (QED) is 0.594. The number of H-pyrrole nitrogens is 1. The average molecular weight is 322 g/mol. The van der Waals surface area contributed by atoms with Gasteiger partial charge in [-0.15, -0.1) is 0 Å². The van der Waals surface area contributed by atoms with Gasteiger partial charge in [0.2, 0.25) is 0 Å². The van der Waals surface area contributed by atoms with Crippen molar-refractivity contribution in [3.8, 4) is 0 Å². The van der Waals surface area contributed by atoms with E-state index >= 15 is 0 Å². The number of nitrogens with zero attached hydrogens (tertiary/aromatic N) is 2. The lowest BCUT2D eigenvalue weighted by atomic mass is 9.96. The summed E-state index contributed by atoms with van der Waals surface area (Å²) >= 11 is 6.13. The van der Waals surface area contributed by atoms with Crippen molar-refractivity contribution in [3.63, 3.8) is 0 Å². The fraction of sp³-hybridized carbons (Fsp3) is 0.333. The Morgan fingerprint density at radius 2 is 1.95 bits per heavy atom. The molecule has 0 spiro atoms. The Morgan fingerprint density at radius 3 is 2.55 bits per heavy atom. The lowest BCUT2D eigenvalue weighted by molar-refractivity contribution is 0.542. The second kappa shape index (κ2) is 5.98. The van der Waals surface area contributed by atoms with Gasteiger partial charge in [0, 0.05) is 10.4 Å². The summed E-state index contributed by atoms with van der Waals surface area (Å²) < 4.78 is 0. The fourth-order valence-corrected chi connectivity index (χ4v) is 2.14. The number of hydrogen-bond donors (Lipinski definition) is 3. The van der Waals surface area contributed by atoms with E-state index in [4.69, 9.17) is 23.2 Å². The van der Waals surface area contributed by atoms with Gasteiger partial charge in [0.25, 0.3) is 5.56 Å². The van der Waals surface area contributed by atoms with E-state index in [-0.39, 0.29) is 11.1 Å². The molecular weight excluding hydrogens is 302 g/mol. The van der Waals surface area contributed by atoms with Crippen molar-refractivity contribution in [1.82, 2.24) is 9.97 Å². The number of hydrogen-bond acceptors (Lipinski definition) is 5. The van der Waals surface area contributed by atoms with Crippen LogP contribution in [0.3, 0.4) is 0 Å². The molecule has 0 unspecified atom stereocenters. The third-order valence-electron chi connectivity index (χ3n) is 3.23. The highest BCUT2D eigenvalue weighted by Gasteiger charge is 2.21. The van der Waals surface area contributed by atoms with E-state index in [9.17, 15) is 4.79 Å². The van der Waals surface area contributed by atoms with Crippen molar-refractivity contribution >= 4 is 23.1 Å². The van der Waals surface area contributed by atoms with Crippen LogP contribution in [0.25, 0.3) is 0 Å². The van der Waals surface area contributed by atoms with Crippen molar-refractivity contribution in [3.05, 3.63) is 51.0 Å². The fourth-order valence-electron chi connectivity index (χ4n) is 1.94. The summed E-state index contributed by atoms with van der Waals surface area (Å²) in [6.07, 6.45) is 0. The topological polar surface area (TPSA) is 101 Å². The number of nitrogens with two attached hydrogens (primary N) is 2. The van der Waals surface area contributed by atoms with E-state index in [0.717, 1.165) is 5.56 Å². The van der Waals surface area contributed by atoms with Crippen molar-refractivity contribution in [1.29, 1.82) is 0 Å². The number of nitrogens with one attached hydrogen (secondary N) is 1. The van der Waals surface area contributed by atoms with Crippen molar-refractivity contribution < 1.29 is 0 Å². The Hall–Kier alpha value is -2.05. The summed E-state index contributed by atoms with van der Waals surface area (Å²) in [7, 11) is 0. The van der Waals surface area contributed by atoms with E-state index < -0.39 is 5.56 Å². The molecule has 0 saturated heterocycles. The number of anilines is 2.